The van der Waals surface area contributed by atoms with Crippen molar-refractivity contribution in [1.29, 1.82) is 0 Å². The molecular formula is C22H21ClN2O3. The SMILES string of the molecule is COc1ccc(NC(=O)c2ccc3c(Cl)c4c(nc3c2)CCCC4)c(OC)c1. The Morgan fingerprint density at radius 2 is 1.89 bits per heavy atom. The van der Waals surface area contributed by atoms with Crippen molar-refractivity contribution in [1.82, 2.24) is 4.98 Å². The largest absolute Gasteiger partial charge is 0.497 e. The van der Waals surface area contributed by atoms with Crippen molar-refractivity contribution < 1.29 is 14.3 Å². The molecule has 28 heavy (non-hydrogen) atoms. The Kier molecular flexibility index (Phi) is 5.09. The summed E-state index contributed by atoms with van der Waals surface area (Å²) in [6.07, 6.45) is 4.17. The first-order chi connectivity index (χ1) is 13.6. The molecule has 144 valence electrons. The minimum atomic E-state index is -0.235. The molecule has 1 aliphatic rings. The molecule has 0 unspecified atom stereocenters. The van der Waals surface area contributed by atoms with Crippen LogP contribution >= 0.6 is 11.6 Å². The van der Waals surface area contributed by atoms with E-state index in [1.54, 1.807) is 44.6 Å². The minimum absolute atomic E-state index is 0.235. The second-order valence-corrected chi connectivity index (χ2v) is 7.19. The summed E-state index contributed by atoms with van der Waals surface area (Å²) < 4.78 is 10.5. The number of hydrogen-bond donors (Lipinski definition) is 1. The second kappa shape index (κ2) is 7.68. The topological polar surface area (TPSA) is 60.5 Å². The number of hydrogen-bond acceptors (Lipinski definition) is 4. The normalized spacial score (nSPS) is 13.1. The van der Waals surface area contributed by atoms with Gasteiger partial charge in [-0.05, 0) is 55.5 Å². The average Bonchev–Trinajstić information content (AvgIpc) is 2.73. The Morgan fingerprint density at radius 3 is 2.68 bits per heavy atom. The van der Waals surface area contributed by atoms with E-state index in [1.165, 1.54) is 0 Å². The number of amides is 1. The zero-order valence-electron chi connectivity index (χ0n) is 15.8. The molecule has 4 rings (SSSR count). The molecular weight excluding hydrogens is 376 g/mol. The van der Waals surface area contributed by atoms with Gasteiger partial charge in [-0.1, -0.05) is 17.7 Å². The number of pyridine rings is 1. The molecule has 0 spiro atoms. The number of nitrogens with one attached hydrogen (secondary N) is 1. The number of fused-ring (bicyclic) bond motifs is 2. The molecule has 0 fully saturated rings. The van der Waals surface area contributed by atoms with Crippen molar-refractivity contribution in [3.05, 3.63) is 58.2 Å². The Balaban J connectivity index is 1.66. The number of carbonyl (C=O) groups excluding carboxylic acids is 1. The summed E-state index contributed by atoms with van der Waals surface area (Å²) in [4.78, 5) is 17.6. The Labute approximate surface area is 168 Å². The van der Waals surface area contributed by atoms with Crippen LogP contribution < -0.4 is 14.8 Å². The maximum absolute atomic E-state index is 12.8. The zero-order chi connectivity index (χ0) is 19.7. The molecule has 1 N–H and O–H groups in total. The van der Waals surface area contributed by atoms with Crippen LogP contribution in [0.5, 0.6) is 11.5 Å². The third kappa shape index (κ3) is 3.38. The van der Waals surface area contributed by atoms with Gasteiger partial charge in [0.05, 0.1) is 30.4 Å². The van der Waals surface area contributed by atoms with Gasteiger partial charge in [-0.15, -0.1) is 0 Å². The van der Waals surface area contributed by atoms with E-state index in [1.807, 2.05) is 6.07 Å². The molecule has 1 heterocycles. The summed E-state index contributed by atoms with van der Waals surface area (Å²) in [6, 6.07) is 10.7. The summed E-state index contributed by atoms with van der Waals surface area (Å²) >= 11 is 6.62. The molecule has 1 aromatic heterocycles. The van der Waals surface area contributed by atoms with Crippen LogP contribution in [0.4, 0.5) is 5.69 Å². The van der Waals surface area contributed by atoms with Gasteiger partial charge in [-0.3, -0.25) is 9.78 Å². The highest BCUT2D eigenvalue weighted by Gasteiger charge is 2.18. The van der Waals surface area contributed by atoms with E-state index in [2.05, 4.69) is 5.32 Å². The van der Waals surface area contributed by atoms with Crippen molar-refractivity contribution in [2.45, 2.75) is 25.7 Å². The number of halogens is 1. The van der Waals surface area contributed by atoms with Crippen molar-refractivity contribution in [3.8, 4) is 11.5 Å². The van der Waals surface area contributed by atoms with Crippen molar-refractivity contribution in [2.75, 3.05) is 19.5 Å². The molecule has 6 heteroatoms. The summed E-state index contributed by atoms with van der Waals surface area (Å²) in [5.41, 5.74) is 4.05. The first kappa shape index (κ1) is 18.6. The maximum Gasteiger partial charge on any atom is 0.255 e. The van der Waals surface area contributed by atoms with Crippen LogP contribution in [0.2, 0.25) is 5.02 Å². The van der Waals surface area contributed by atoms with Gasteiger partial charge in [-0.2, -0.15) is 0 Å². The van der Waals surface area contributed by atoms with Gasteiger partial charge >= 0.3 is 0 Å². The van der Waals surface area contributed by atoms with Gasteiger partial charge in [0.25, 0.3) is 5.91 Å². The molecule has 0 saturated heterocycles. The Hall–Kier alpha value is -2.79. The average molecular weight is 397 g/mol. The highest BCUT2D eigenvalue weighted by Crippen LogP contribution is 2.34. The summed E-state index contributed by atoms with van der Waals surface area (Å²) in [7, 11) is 3.13. The lowest BCUT2D eigenvalue weighted by molar-refractivity contribution is 0.102. The van der Waals surface area contributed by atoms with Crippen molar-refractivity contribution >= 4 is 34.1 Å². The fraction of sp³-hybridized carbons (Fsp3) is 0.273. The summed E-state index contributed by atoms with van der Waals surface area (Å²) in [6.45, 7) is 0. The molecule has 5 nitrogen and oxygen atoms in total. The van der Waals surface area contributed by atoms with Crippen LogP contribution in [-0.4, -0.2) is 25.1 Å². The van der Waals surface area contributed by atoms with Gasteiger partial charge in [-0.25, -0.2) is 0 Å². The third-order valence-corrected chi connectivity index (χ3v) is 5.54. The number of rotatable bonds is 4. The summed E-state index contributed by atoms with van der Waals surface area (Å²) in [5, 5.41) is 4.55. The van der Waals surface area contributed by atoms with Gasteiger partial charge in [0, 0.05) is 22.7 Å². The lowest BCUT2D eigenvalue weighted by Gasteiger charge is -2.18. The van der Waals surface area contributed by atoms with Crippen molar-refractivity contribution in [3.63, 3.8) is 0 Å². The standard InChI is InChI=1S/C22H21ClN2O3/c1-27-14-8-10-18(20(12-14)28-2)25-22(26)13-7-9-16-19(11-13)24-17-6-4-3-5-15(17)21(16)23/h7-12H,3-6H2,1-2H3,(H,25,26). The number of aryl methyl sites for hydroxylation is 1. The molecule has 0 aliphatic heterocycles. The third-order valence-electron chi connectivity index (χ3n) is 5.11. The van der Waals surface area contributed by atoms with E-state index in [9.17, 15) is 4.79 Å². The quantitative estimate of drug-likeness (QED) is 0.671. The first-order valence-corrected chi connectivity index (χ1v) is 9.63. The lowest BCUT2D eigenvalue weighted by atomic mass is 9.94. The van der Waals surface area contributed by atoms with Crippen molar-refractivity contribution in [2.24, 2.45) is 0 Å². The Morgan fingerprint density at radius 1 is 1.07 bits per heavy atom. The van der Waals surface area contributed by atoms with E-state index in [-0.39, 0.29) is 5.91 Å². The predicted octanol–water partition coefficient (Wildman–Crippen LogP) is 5.04. The van der Waals surface area contributed by atoms with Gasteiger partial charge in [0.15, 0.2) is 0 Å². The van der Waals surface area contributed by atoms with E-state index in [4.69, 9.17) is 26.1 Å². The van der Waals surface area contributed by atoms with E-state index < -0.39 is 0 Å². The number of benzene rings is 2. The van der Waals surface area contributed by atoms with E-state index >= 15 is 0 Å². The van der Waals surface area contributed by atoms with E-state index in [0.29, 0.717) is 22.7 Å². The zero-order valence-corrected chi connectivity index (χ0v) is 16.6. The van der Waals surface area contributed by atoms with Gasteiger partial charge < -0.3 is 14.8 Å². The number of nitrogens with zero attached hydrogens (tertiary/aromatic N) is 1. The van der Waals surface area contributed by atoms with Gasteiger partial charge in [0.2, 0.25) is 0 Å². The number of aromatic nitrogens is 1. The highest BCUT2D eigenvalue weighted by atomic mass is 35.5. The molecule has 1 amide bonds. The van der Waals surface area contributed by atoms with Crippen LogP contribution in [0.1, 0.15) is 34.5 Å². The van der Waals surface area contributed by atoms with Crippen LogP contribution in [0.3, 0.4) is 0 Å². The fourth-order valence-electron chi connectivity index (χ4n) is 3.60. The fourth-order valence-corrected chi connectivity index (χ4v) is 3.97. The maximum atomic E-state index is 12.8. The van der Waals surface area contributed by atoms with Crippen LogP contribution in [0, 0.1) is 0 Å². The van der Waals surface area contributed by atoms with Crippen LogP contribution in [0.15, 0.2) is 36.4 Å². The number of anilines is 1. The molecule has 3 aromatic rings. The molecule has 1 aliphatic carbocycles. The Bertz CT molecular complexity index is 1070. The highest BCUT2D eigenvalue weighted by molar-refractivity contribution is 6.36. The van der Waals surface area contributed by atoms with Crippen LogP contribution in [-0.2, 0) is 12.8 Å². The first-order valence-electron chi connectivity index (χ1n) is 9.25. The van der Waals surface area contributed by atoms with Crippen LogP contribution in [0.25, 0.3) is 10.9 Å². The molecule has 0 saturated carbocycles. The molecule has 2 aromatic carbocycles. The molecule has 0 bridgehead atoms. The van der Waals surface area contributed by atoms with E-state index in [0.717, 1.165) is 52.9 Å². The number of carbonyl (C=O) groups is 1. The molecule has 0 atom stereocenters. The second-order valence-electron chi connectivity index (χ2n) is 6.81. The lowest BCUT2D eigenvalue weighted by Crippen LogP contribution is -2.13. The smallest absolute Gasteiger partial charge is 0.255 e. The number of methoxy groups -OCH3 is 2. The summed E-state index contributed by atoms with van der Waals surface area (Å²) in [5.74, 6) is 0.953. The molecule has 0 radical (unpaired) electrons. The minimum Gasteiger partial charge on any atom is -0.497 e. The number of ether oxygens (including phenoxy) is 2. The predicted molar refractivity (Wildman–Crippen MR) is 111 cm³/mol. The monoisotopic (exact) mass is 396 g/mol. The van der Waals surface area contributed by atoms with Gasteiger partial charge in [0.1, 0.15) is 11.5 Å².